The van der Waals surface area contributed by atoms with Crippen LogP contribution in [0, 0.1) is 0 Å². The lowest BCUT2D eigenvalue weighted by atomic mass is 10.0. The van der Waals surface area contributed by atoms with Crippen molar-refractivity contribution >= 4 is 23.2 Å². The Hall–Kier alpha value is -1.26. The second kappa shape index (κ2) is 4.55. The molecule has 1 aliphatic heterocycles. The molecule has 92 valence electrons. The fraction of sp³-hybridized carbons (Fsp3) is 0.417. The molecule has 1 aromatic rings. The molecule has 2 N–H and O–H groups in total. The molecule has 0 radical (unpaired) electrons. The third-order valence-corrected chi connectivity index (χ3v) is 3.22. The summed E-state index contributed by atoms with van der Waals surface area (Å²) in [5.74, 6) is -0.251. The summed E-state index contributed by atoms with van der Waals surface area (Å²) in [7, 11) is 0. The van der Waals surface area contributed by atoms with Gasteiger partial charge in [0.15, 0.2) is 0 Å². The van der Waals surface area contributed by atoms with Crippen LogP contribution in [0.2, 0.25) is 5.02 Å². The number of carbonyl (C=O) groups excluding carboxylic acids is 1. The second-order valence-corrected chi connectivity index (χ2v) is 4.71. The summed E-state index contributed by atoms with van der Waals surface area (Å²) in [4.78, 5) is 12.0. The van der Waals surface area contributed by atoms with Crippen LogP contribution in [0.4, 0.5) is 5.69 Å². The number of phenolic OH excluding ortho intramolecular Hbond substituents is 1. The van der Waals surface area contributed by atoms with Crippen LogP contribution >= 0.6 is 11.6 Å². The molecular weight excluding hydrogens is 242 g/mol. The maximum absolute atomic E-state index is 12.0. The average molecular weight is 256 g/mol. The third-order valence-electron chi connectivity index (χ3n) is 2.90. The Kier molecular flexibility index (Phi) is 3.26. The van der Waals surface area contributed by atoms with Crippen LogP contribution in [-0.4, -0.2) is 23.2 Å². The van der Waals surface area contributed by atoms with Crippen molar-refractivity contribution in [1.29, 1.82) is 0 Å². The molecule has 1 amide bonds. The summed E-state index contributed by atoms with van der Waals surface area (Å²) in [6, 6.07) is 4.58. The van der Waals surface area contributed by atoms with Crippen LogP contribution in [0.15, 0.2) is 18.2 Å². The van der Waals surface area contributed by atoms with E-state index in [1.165, 1.54) is 12.1 Å². The number of phenols is 1. The van der Waals surface area contributed by atoms with Crippen molar-refractivity contribution in [2.45, 2.75) is 25.4 Å². The predicted molar refractivity (Wildman–Crippen MR) is 65.3 cm³/mol. The molecule has 1 aromatic carbocycles. The first-order chi connectivity index (χ1) is 8.01. The predicted octanol–water partition coefficient (Wildman–Crippen LogP) is 2.55. The lowest BCUT2D eigenvalue weighted by Gasteiger charge is -2.21. The van der Waals surface area contributed by atoms with Gasteiger partial charge in [-0.2, -0.15) is 0 Å². The summed E-state index contributed by atoms with van der Waals surface area (Å²) in [5.41, 5.74) is -0.261. The first-order valence-corrected chi connectivity index (χ1v) is 5.83. The van der Waals surface area contributed by atoms with E-state index in [2.05, 4.69) is 5.32 Å². The SMILES string of the molecule is CC1(C(=O)Nc2ccc(Cl)c(O)c2)CCCO1. The molecule has 4 nitrogen and oxygen atoms in total. The number of benzene rings is 1. The number of nitrogens with one attached hydrogen (secondary N) is 1. The van der Waals surface area contributed by atoms with E-state index in [0.29, 0.717) is 18.7 Å². The Morgan fingerprint density at radius 3 is 2.94 bits per heavy atom. The monoisotopic (exact) mass is 255 g/mol. The molecule has 0 saturated carbocycles. The zero-order chi connectivity index (χ0) is 12.5. The van der Waals surface area contributed by atoms with E-state index >= 15 is 0 Å². The fourth-order valence-corrected chi connectivity index (χ4v) is 1.93. The second-order valence-electron chi connectivity index (χ2n) is 4.30. The summed E-state index contributed by atoms with van der Waals surface area (Å²) in [6.07, 6.45) is 1.59. The van der Waals surface area contributed by atoms with Gasteiger partial charge in [0.25, 0.3) is 5.91 Å². The van der Waals surface area contributed by atoms with Gasteiger partial charge in [0.2, 0.25) is 0 Å². The molecule has 5 heteroatoms. The molecule has 1 fully saturated rings. The Morgan fingerprint density at radius 1 is 1.59 bits per heavy atom. The van der Waals surface area contributed by atoms with Gasteiger partial charge in [-0.05, 0) is 31.9 Å². The molecule has 0 bridgehead atoms. The molecule has 1 atom stereocenters. The van der Waals surface area contributed by atoms with Gasteiger partial charge in [-0.25, -0.2) is 0 Å². The van der Waals surface area contributed by atoms with Crippen LogP contribution in [0.5, 0.6) is 5.75 Å². The van der Waals surface area contributed by atoms with Crippen LogP contribution in [0.3, 0.4) is 0 Å². The van der Waals surface area contributed by atoms with E-state index in [-0.39, 0.29) is 16.7 Å². The number of hydrogen-bond donors (Lipinski definition) is 2. The van der Waals surface area contributed by atoms with Gasteiger partial charge in [0, 0.05) is 18.4 Å². The molecule has 2 rings (SSSR count). The van der Waals surface area contributed by atoms with E-state index in [1.54, 1.807) is 13.0 Å². The topological polar surface area (TPSA) is 58.6 Å². The van der Waals surface area contributed by atoms with Crippen molar-refractivity contribution in [2.75, 3.05) is 11.9 Å². The van der Waals surface area contributed by atoms with Crippen molar-refractivity contribution in [3.8, 4) is 5.75 Å². The van der Waals surface area contributed by atoms with Gasteiger partial charge in [-0.15, -0.1) is 0 Å². The number of rotatable bonds is 2. The molecule has 0 spiro atoms. The quantitative estimate of drug-likeness (QED) is 0.854. The lowest BCUT2D eigenvalue weighted by molar-refractivity contribution is -0.133. The molecule has 1 saturated heterocycles. The zero-order valence-electron chi connectivity index (χ0n) is 9.50. The number of halogens is 1. The highest BCUT2D eigenvalue weighted by molar-refractivity contribution is 6.32. The number of amides is 1. The Bertz CT molecular complexity index is 441. The van der Waals surface area contributed by atoms with Crippen molar-refractivity contribution in [2.24, 2.45) is 0 Å². The minimum absolute atomic E-state index is 0.0537. The first kappa shape index (κ1) is 12.2. The van der Waals surface area contributed by atoms with Gasteiger partial charge in [0.05, 0.1) is 5.02 Å². The molecule has 1 heterocycles. The Balaban J connectivity index is 2.10. The molecule has 0 aromatic heterocycles. The van der Waals surface area contributed by atoms with Crippen molar-refractivity contribution < 1.29 is 14.6 Å². The van der Waals surface area contributed by atoms with Crippen molar-refractivity contribution in [3.63, 3.8) is 0 Å². The smallest absolute Gasteiger partial charge is 0.256 e. The van der Waals surface area contributed by atoms with E-state index in [9.17, 15) is 9.90 Å². The number of aromatic hydroxyl groups is 1. The van der Waals surface area contributed by atoms with Crippen molar-refractivity contribution in [1.82, 2.24) is 0 Å². The van der Waals surface area contributed by atoms with Gasteiger partial charge in [0.1, 0.15) is 11.4 Å². The Morgan fingerprint density at radius 2 is 2.35 bits per heavy atom. The molecule has 17 heavy (non-hydrogen) atoms. The standard InChI is InChI=1S/C12H14ClNO3/c1-12(5-2-6-17-12)11(16)14-8-3-4-9(13)10(15)7-8/h3-4,7,15H,2,5-6H2,1H3,(H,14,16). The highest BCUT2D eigenvalue weighted by Crippen LogP contribution is 2.29. The molecule has 0 aliphatic carbocycles. The lowest BCUT2D eigenvalue weighted by Crippen LogP contribution is -2.39. The van der Waals surface area contributed by atoms with E-state index in [1.807, 2.05) is 0 Å². The highest BCUT2D eigenvalue weighted by Gasteiger charge is 2.37. The molecule has 1 aliphatic rings. The van der Waals surface area contributed by atoms with Gasteiger partial charge in [-0.1, -0.05) is 11.6 Å². The molecular formula is C12H14ClNO3. The maximum atomic E-state index is 12.0. The molecule has 1 unspecified atom stereocenters. The number of ether oxygens (including phenoxy) is 1. The van der Waals surface area contributed by atoms with Crippen LogP contribution in [-0.2, 0) is 9.53 Å². The van der Waals surface area contributed by atoms with Crippen LogP contribution in [0.1, 0.15) is 19.8 Å². The minimum Gasteiger partial charge on any atom is -0.506 e. The van der Waals surface area contributed by atoms with E-state index < -0.39 is 5.60 Å². The normalized spacial score (nSPS) is 23.6. The number of hydrogen-bond acceptors (Lipinski definition) is 3. The average Bonchev–Trinajstić information content (AvgIpc) is 2.72. The summed E-state index contributed by atoms with van der Waals surface area (Å²) >= 11 is 5.68. The van der Waals surface area contributed by atoms with Gasteiger partial charge in [-0.3, -0.25) is 4.79 Å². The zero-order valence-corrected chi connectivity index (χ0v) is 10.3. The fourth-order valence-electron chi connectivity index (χ4n) is 1.81. The van der Waals surface area contributed by atoms with Crippen molar-refractivity contribution in [3.05, 3.63) is 23.2 Å². The number of carbonyl (C=O) groups is 1. The minimum atomic E-state index is -0.769. The maximum Gasteiger partial charge on any atom is 0.256 e. The van der Waals surface area contributed by atoms with E-state index in [0.717, 1.165) is 6.42 Å². The van der Waals surface area contributed by atoms with Crippen LogP contribution < -0.4 is 5.32 Å². The van der Waals surface area contributed by atoms with Gasteiger partial charge >= 0.3 is 0 Å². The number of anilines is 1. The van der Waals surface area contributed by atoms with Gasteiger partial charge < -0.3 is 15.2 Å². The highest BCUT2D eigenvalue weighted by atomic mass is 35.5. The largest absolute Gasteiger partial charge is 0.506 e. The summed E-state index contributed by atoms with van der Waals surface area (Å²) in [6.45, 7) is 2.38. The summed E-state index contributed by atoms with van der Waals surface area (Å²) < 4.78 is 5.43. The summed E-state index contributed by atoms with van der Waals surface area (Å²) in [5, 5.41) is 12.4. The first-order valence-electron chi connectivity index (χ1n) is 5.45. The van der Waals surface area contributed by atoms with Crippen LogP contribution in [0.25, 0.3) is 0 Å². The third kappa shape index (κ3) is 2.53. The van der Waals surface area contributed by atoms with E-state index in [4.69, 9.17) is 16.3 Å². The Labute approximate surface area is 105 Å².